The van der Waals surface area contributed by atoms with Crippen LogP contribution in [0.1, 0.15) is 16.1 Å². The normalized spacial score (nSPS) is 11.8. The SMILES string of the molecule is O=Cc1ccc2nc(C(F)(F)F)cc(Cl)c2c1. The van der Waals surface area contributed by atoms with E-state index >= 15 is 0 Å². The Morgan fingerprint density at radius 2 is 1.94 bits per heavy atom. The van der Waals surface area contributed by atoms with E-state index in [1.807, 2.05) is 0 Å². The van der Waals surface area contributed by atoms with Crippen LogP contribution in [-0.4, -0.2) is 11.3 Å². The number of hydrogen-bond acceptors (Lipinski definition) is 2. The van der Waals surface area contributed by atoms with E-state index in [0.717, 1.165) is 6.07 Å². The van der Waals surface area contributed by atoms with Gasteiger partial charge in [0, 0.05) is 10.9 Å². The van der Waals surface area contributed by atoms with Crippen LogP contribution in [0.25, 0.3) is 10.9 Å². The Balaban J connectivity index is 2.72. The van der Waals surface area contributed by atoms with Crippen molar-refractivity contribution in [2.75, 3.05) is 0 Å². The van der Waals surface area contributed by atoms with E-state index in [1.54, 1.807) is 0 Å². The molecule has 0 aliphatic rings. The van der Waals surface area contributed by atoms with Crippen molar-refractivity contribution < 1.29 is 18.0 Å². The summed E-state index contributed by atoms with van der Waals surface area (Å²) in [5.74, 6) is 0. The zero-order valence-electron chi connectivity index (χ0n) is 8.25. The maximum absolute atomic E-state index is 12.5. The van der Waals surface area contributed by atoms with Gasteiger partial charge in [0.25, 0.3) is 0 Å². The Morgan fingerprint density at radius 1 is 1.24 bits per heavy atom. The lowest BCUT2D eigenvalue weighted by atomic mass is 10.1. The van der Waals surface area contributed by atoms with Gasteiger partial charge in [0.15, 0.2) is 0 Å². The molecule has 0 saturated heterocycles. The molecule has 1 heterocycles. The first kappa shape index (κ1) is 11.9. The van der Waals surface area contributed by atoms with Gasteiger partial charge < -0.3 is 0 Å². The minimum absolute atomic E-state index is 0.0778. The number of fused-ring (bicyclic) bond motifs is 1. The van der Waals surface area contributed by atoms with Crippen molar-refractivity contribution in [2.45, 2.75) is 6.18 Å². The van der Waals surface area contributed by atoms with E-state index in [2.05, 4.69) is 4.98 Å². The van der Waals surface area contributed by atoms with Crippen LogP contribution in [0.4, 0.5) is 13.2 Å². The van der Waals surface area contributed by atoms with Crippen molar-refractivity contribution in [1.82, 2.24) is 4.98 Å². The van der Waals surface area contributed by atoms with Crippen molar-refractivity contribution in [3.8, 4) is 0 Å². The Bertz CT molecular complexity index is 595. The largest absolute Gasteiger partial charge is 0.433 e. The lowest BCUT2D eigenvalue weighted by Crippen LogP contribution is -2.08. The molecule has 2 nitrogen and oxygen atoms in total. The second-order valence-corrected chi connectivity index (χ2v) is 3.79. The van der Waals surface area contributed by atoms with Crippen molar-refractivity contribution in [1.29, 1.82) is 0 Å². The van der Waals surface area contributed by atoms with E-state index in [4.69, 9.17) is 11.6 Å². The van der Waals surface area contributed by atoms with Gasteiger partial charge in [-0.3, -0.25) is 4.79 Å². The summed E-state index contributed by atoms with van der Waals surface area (Å²) in [5.41, 5.74) is -0.606. The van der Waals surface area contributed by atoms with Gasteiger partial charge in [-0.1, -0.05) is 11.6 Å². The molecule has 0 atom stereocenters. The van der Waals surface area contributed by atoms with Crippen LogP contribution < -0.4 is 0 Å². The van der Waals surface area contributed by atoms with Crippen LogP contribution in [0.3, 0.4) is 0 Å². The molecule has 0 spiro atoms. The Morgan fingerprint density at radius 3 is 2.53 bits per heavy atom. The average molecular weight is 260 g/mol. The van der Waals surface area contributed by atoms with Gasteiger partial charge in [-0.15, -0.1) is 0 Å². The summed E-state index contributed by atoms with van der Waals surface area (Å²) in [6.07, 6.45) is -3.95. The first-order valence-electron chi connectivity index (χ1n) is 4.54. The Kier molecular flexibility index (Phi) is 2.79. The molecule has 6 heteroatoms. The fraction of sp³-hybridized carbons (Fsp3) is 0.0909. The molecular weight excluding hydrogens is 255 g/mol. The quantitative estimate of drug-likeness (QED) is 0.731. The Labute approximate surface area is 99.0 Å². The Hall–Kier alpha value is -1.62. The molecule has 0 fully saturated rings. The fourth-order valence-electron chi connectivity index (χ4n) is 1.42. The van der Waals surface area contributed by atoms with Crippen LogP contribution in [0.15, 0.2) is 24.3 Å². The van der Waals surface area contributed by atoms with E-state index in [-0.39, 0.29) is 10.5 Å². The van der Waals surface area contributed by atoms with Crippen LogP contribution in [0.2, 0.25) is 5.02 Å². The van der Waals surface area contributed by atoms with Crippen LogP contribution in [0.5, 0.6) is 0 Å². The van der Waals surface area contributed by atoms with Gasteiger partial charge in [-0.05, 0) is 24.3 Å². The summed E-state index contributed by atoms with van der Waals surface area (Å²) in [6.45, 7) is 0. The van der Waals surface area contributed by atoms with Gasteiger partial charge in [0.05, 0.1) is 10.5 Å². The molecule has 0 unspecified atom stereocenters. The monoisotopic (exact) mass is 259 g/mol. The molecular formula is C11H5ClF3NO. The average Bonchev–Trinajstić information content (AvgIpc) is 2.27. The number of pyridine rings is 1. The second-order valence-electron chi connectivity index (χ2n) is 3.38. The smallest absolute Gasteiger partial charge is 0.298 e. The maximum Gasteiger partial charge on any atom is 0.433 e. The third-order valence-electron chi connectivity index (χ3n) is 2.21. The number of nitrogens with zero attached hydrogens (tertiary/aromatic N) is 1. The number of alkyl halides is 3. The highest BCUT2D eigenvalue weighted by molar-refractivity contribution is 6.35. The van der Waals surface area contributed by atoms with Crippen molar-refractivity contribution in [3.05, 3.63) is 40.5 Å². The molecule has 0 saturated carbocycles. The summed E-state index contributed by atoms with van der Waals surface area (Å²) in [5, 5.41) is 0.246. The van der Waals surface area contributed by atoms with Crippen molar-refractivity contribution in [2.24, 2.45) is 0 Å². The second kappa shape index (κ2) is 4.00. The molecule has 0 amide bonds. The van der Waals surface area contributed by atoms with Gasteiger partial charge in [0.2, 0.25) is 0 Å². The van der Waals surface area contributed by atoms with Gasteiger partial charge in [-0.25, -0.2) is 4.98 Å². The standard InChI is InChI=1S/C11H5ClF3NO/c12-8-4-10(11(13,14)15)16-9-2-1-6(5-17)3-7(8)9/h1-5H. The number of aromatic nitrogens is 1. The molecule has 0 radical (unpaired) electrons. The molecule has 1 aromatic carbocycles. The first-order chi connectivity index (χ1) is 7.91. The molecule has 88 valence electrons. The van der Waals surface area contributed by atoms with E-state index < -0.39 is 11.9 Å². The topological polar surface area (TPSA) is 30.0 Å². The highest BCUT2D eigenvalue weighted by atomic mass is 35.5. The lowest BCUT2D eigenvalue weighted by molar-refractivity contribution is -0.140. The number of carbonyl (C=O) groups excluding carboxylic acids is 1. The molecule has 0 bridgehead atoms. The molecule has 0 N–H and O–H groups in total. The molecule has 1 aromatic heterocycles. The third kappa shape index (κ3) is 2.24. The summed E-state index contributed by atoms with van der Waals surface area (Å²) >= 11 is 5.74. The predicted molar refractivity (Wildman–Crippen MR) is 57.1 cm³/mol. The number of aldehydes is 1. The minimum Gasteiger partial charge on any atom is -0.298 e. The highest BCUT2D eigenvalue weighted by Gasteiger charge is 2.33. The maximum atomic E-state index is 12.5. The molecule has 0 aliphatic heterocycles. The summed E-state index contributed by atoms with van der Waals surface area (Å²) in [6, 6.07) is 4.87. The number of hydrogen-bond donors (Lipinski definition) is 0. The van der Waals surface area contributed by atoms with E-state index in [9.17, 15) is 18.0 Å². The number of benzene rings is 1. The van der Waals surface area contributed by atoms with Crippen LogP contribution in [0, 0.1) is 0 Å². The van der Waals surface area contributed by atoms with E-state index in [0.29, 0.717) is 17.2 Å². The van der Waals surface area contributed by atoms with Crippen LogP contribution in [-0.2, 0) is 6.18 Å². The van der Waals surface area contributed by atoms with E-state index in [1.165, 1.54) is 18.2 Å². The van der Waals surface area contributed by atoms with Crippen molar-refractivity contribution >= 4 is 28.8 Å². The zero-order chi connectivity index (χ0) is 12.6. The first-order valence-corrected chi connectivity index (χ1v) is 4.92. The summed E-state index contributed by atoms with van der Waals surface area (Å²) in [7, 11) is 0. The minimum atomic E-state index is -4.54. The summed E-state index contributed by atoms with van der Waals surface area (Å²) < 4.78 is 37.4. The third-order valence-corrected chi connectivity index (χ3v) is 2.52. The van der Waals surface area contributed by atoms with Gasteiger partial charge >= 0.3 is 6.18 Å². The van der Waals surface area contributed by atoms with Crippen LogP contribution >= 0.6 is 11.6 Å². The van der Waals surface area contributed by atoms with Gasteiger partial charge in [0.1, 0.15) is 12.0 Å². The number of carbonyl (C=O) groups is 1. The fourth-order valence-corrected chi connectivity index (χ4v) is 1.68. The lowest BCUT2D eigenvalue weighted by Gasteiger charge is -2.08. The number of rotatable bonds is 1. The summed E-state index contributed by atoms with van der Waals surface area (Å²) in [4.78, 5) is 14.0. The highest BCUT2D eigenvalue weighted by Crippen LogP contribution is 2.32. The van der Waals surface area contributed by atoms with Gasteiger partial charge in [-0.2, -0.15) is 13.2 Å². The zero-order valence-corrected chi connectivity index (χ0v) is 9.01. The molecule has 2 aromatic rings. The number of halogens is 4. The molecule has 17 heavy (non-hydrogen) atoms. The predicted octanol–water partition coefficient (Wildman–Crippen LogP) is 3.72. The van der Waals surface area contributed by atoms with Crippen molar-refractivity contribution in [3.63, 3.8) is 0 Å². The molecule has 0 aliphatic carbocycles. The molecule has 2 rings (SSSR count).